The zero-order chi connectivity index (χ0) is 17.5. The smallest absolute Gasteiger partial charge is 0.129 e. The molecule has 0 unspecified atom stereocenters. The maximum atomic E-state index is 9.64. The highest BCUT2D eigenvalue weighted by molar-refractivity contribution is 7.13. The van der Waals surface area contributed by atoms with Gasteiger partial charge in [0.05, 0.1) is 16.3 Å². The molecular weight excluding hydrogens is 342 g/mol. The first-order valence-electron chi connectivity index (χ1n) is 8.39. The highest BCUT2D eigenvalue weighted by Crippen LogP contribution is 2.42. The minimum absolute atomic E-state index is 0.261. The van der Waals surface area contributed by atoms with Gasteiger partial charge < -0.3 is 9.84 Å². The van der Waals surface area contributed by atoms with Crippen LogP contribution in [-0.4, -0.2) is 10.1 Å². The van der Waals surface area contributed by atoms with E-state index in [1.807, 2.05) is 36.4 Å². The van der Waals surface area contributed by atoms with Crippen LogP contribution in [0.1, 0.15) is 5.56 Å². The predicted molar refractivity (Wildman–Crippen MR) is 104 cm³/mol. The number of aromatic nitrogens is 1. The molecule has 3 nitrogen and oxygen atoms in total. The number of fused-ring (bicyclic) bond motifs is 3. The van der Waals surface area contributed by atoms with Gasteiger partial charge in [0.2, 0.25) is 0 Å². The molecule has 1 aliphatic heterocycles. The Morgan fingerprint density at radius 1 is 0.923 bits per heavy atom. The summed E-state index contributed by atoms with van der Waals surface area (Å²) in [5, 5.41) is 11.7. The molecule has 4 aromatic rings. The summed E-state index contributed by atoms with van der Waals surface area (Å²) in [4.78, 5) is 6.12. The van der Waals surface area contributed by atoms with Crippen molar-refractivity contribution in [1.29, 1.82) is 0 Å². The zero-order valence-corrected chi connectivity index (χ0v) is 14.7. The van der Waals surface area contributed by atoms with Crippen LogP contribution in [0.4, 0.5) is 0 Å². The number of thiophene rings is 1. The van der Waals surface area contributed by atoms with E-state index in [2.05, 4.69) is 23.6 Å². The Labute approximate surface area is 155 Å². The van der Waals surface area contributed by atoms with Crippen molar-refractivity contribution in [2.75, 3.05) is 0 Å². The van der Waals surface area contributed by atoms with Gasteiger partial charge in [0, 0.05) is 11.1 Å². The topological polar surface area (TPSA) is 42.4 Å². The van der Waals surface area contributed by atoms with Crippen LogP contribution in [-0.2, 0) is 6.61 Å². The maximum absolute atomic E-state index is 9.64. The van der Waals surface area contributed by atoms with E-state index in [0.29, 0.717) is 6.61 Å². The maximum Gasteiger partial charge on any atom is 0.129 e. The van der Waals surface area contributed by atoms with Crippen LogP contribution < -0.4 is 4.74 Å². The standard InChI is InChI=1S/C22H15NO2S/c24-15-9-7-14(8-10-15)17-12-19(21-6-3-11-26-21)23-22-16-4-1-2-5-20(16)25-13-18(17)22/h1-12,24H,13H2. The van der Waals surface area contributed by atoms with Gasteiger partial charge in [-0.05, 0) is 52.9 Å². The number of phenolic OH excluding ortho intramolecular Hbond substituents is 1. The van der Waals surface area contributed by atoms with E-state index >= 15 is 0 Å². The summed E-state index contributed by atoms with van der Waals surface area (Å²) in [5.74, 6) is 1.13. The van der Waals surface area contributed by atoms with E-state index in [1.54, 1.807) is 23.5 Å². The first kappa shape index (κ1) is 15.2. The first-order valence-corrected chi connectivity index (χ1v) is 9.27. The lowest BCUT2D eigenvalue weighted by atomic mass is 9.93. The molecular formula is C22H15NO2S. The minimum atomic E-state index is 0.261. The molecule has 0 saturated heterocycles. The largest absolute Gasteiger partial charge is 0.508 e. The SMILES string of the molecule is Oc1ccc(-c2cc(-c3cccs3)nc3c2COc2ccccc2-3)cc1. The van der Waals surface area contributed by atoms with Crippen LogP contribution in [0.25, 0.3) is 33.0 Å². The monoisotopic (exact) mass is 357 g/mol. The average Bonchev–Trinajstić information content (AvgIpc) is 3.22. The van der Waals surface area contributed by atoms with Gasteiger partial charge in [0.25, 0.3) is 0 Å². The van der Waals surface area contributed by atoms with E-state index in [1.165, 1.54) is 0 Å². The molecule has 0 aliphatic carbocycles. The fourth-order valence-corrected chi connectivity index (χ4v) is 4.01. The highest BCUT2D eigenvalue weighted by atomic mass is 32.1. The van der Waals surface area contributed by atoms with Crippen LogP contribution in [0, 0.1) is 0 Å². The van der Waals surface area contributed by atoms with Crippen molar-refractivity contribution in [3.05, 3.63) is 77.7 Å². The van der Waals surface area contributed by atoms with Gasteiger partial charge >= 0.3 is 0 Å². The minimum Gasteiger partial charge on any atom is -0.508 e. The van der Waals surface area contributed by atoms with Crippen LogP contribution in [0.3, 0.4) is 0 Å². The molecule has 0 fully saturated rings. The Kier molecular flexibility index (Phi) is 3.50. The number of pyridine rings is 1. The van der Waals surface area contributed by atoms with Gasteiger partial charge in [-0.1, -0.05) is 30.3 Å². The lowest BCUT2D eigenvalue weighted by molar-refractivity contribution is 0.302. The summed E-state index contributed by atoms with van der Waals surface area (Å²) >= 11 is 1.68. The summed E-state index contributed by atoms with van der Waals surface area (Å²) in [7, 11) is 0. The normalized spacial score (nSPS) is 12.2. The highest BCUT2D eigenvalue weighted by Gasteiger charge is 2.23. The zero-order valence-electron chi connectivity index (χ0n) is 13.8. The predicted octanol–water partition coefficient (Wildman–Crippen LogP) is 5.74. The van der Waals surface area contributed by atoms with Gasteiger partial charge in [0.1, 0.15) is 18.1 Å². The quantitative estimate of drug-likeness (QED) is 0.497. The van der Waals surface area contributed by atoms with Crippen LogP contribution >= 0.6 is 11.3 Å². The molecule has 0 amide bonds. The van der Waals surface area contributed by atoms with Crippen molar-refractivity contribution in [1.82, 2.24) is 4.98 Å². The Morgan fingerprint density at radius 3 is 2.58 bits per heavy atom. The second-order valence-corrected chi connectivity index (χ2v) is 7.14. The second kappa shape index (κ2) is 6.00. The number of phenols is 1. The summed E-state index contributed by atoms with van der Waals surface area (Å²) in [6.45, 7) is 0.486. The molecule has 0 spiro atoms. The van der Waals surface area contributed by atoms with Crippen molar-refractivity contribution in [2.24, 2.45) is 0 Å². The van der Waals surface area contributed by atoms with Crippen molar-refractivity contribution >= 4 is 11.3 Å². The van der Waals surface area contributed by atoms with Crippen LogP contribution in [0.15, 0.2) is 72.1 Å². The molecule has 0 bridgehead atoms. The molecule has 2 aromatic heterocycles. The Bertz CT molecular complexity index is 1090. The summed E-state index contributed by atoms with van der Waals surface area (Å²) in [5.41, 5.74) is 6.16. The van der Waals surface area contributed by atoms with Gasteiger partial charge in [0.15, 0.2) is 0 Å². The average molecular weight is 357 g/mol. The lowest BCUT2D eigenvalue weighted by Crippen LogP contribution is -2.09. The van der Waals surface area contributed by atoms with E-state index < -0.39 is 0 Å². The summed E-state index contributed by atoms with van der Waals surface area (Å²) in [6.07, 6.45) is 0. The number of ether oxygens (including phenoxy) is 1. The Hall–Kier alpha value is -3.11. The van der Waals surface area contributed by atoms with Crippen LogP contribution in [0.2, 0.25) is 0 Å². The molecule has 126 valence electrons. The molecule has 1 aliphatic rings. The number of hydrogen-bond acceptors (Lipinski definition) is 4. The molecule has 2 aromatic carbocycles. The molecule has 0 atom stereocenters. The molecule has 4 heteroatoms. The summed E-state index contributed by atoms with van der Waals surface area (Å²) < 4.78 is 5.98. The van der Waals surface area contributed by atoms with Crippen molar-refractivity contribution in [3.8, 4) is 44.5 Å². The number of para-hydroxylation sites is 1. The number of rotatable bonds is 2. The van der Waals surface area contributed by atoms with Crippen molar-refractivity contribution < 1.29 is 9.84 Å². The summed E-state index contributed by atoms with van der Waals surface area (Å²) in [6, 6.07) is 21.6. The van der Waals surface area contributed by atoms with Gasteiger partial charge in [-0.25, -0.2) is 4.98 Å². The molecule has 3 heterocycles. The lowest BCUT2D eigenvalue weighted by Gasteiger charge is -2.23. The van der Waals surface area contributed by atoms with E-state index in [0.717, 1.165) is 44.3 Å². The molecule has 0 radical (unpaired) electrons. The molecule has 0 saturated carbocycles. The van der Waals surface area contributed by atoms with Crippen molar-refractivity contribution in [2.45, 2.75) is 6.61 Å². The van der Waals surface area contributed by atoms with E-state index in [4.69, 9.17) is 9.72 Å². The number of nitrogens with zero attached hydrogens (tertiary/aromatic N) is 1. The molecule has 5 rings (SSSR count). The number of aromatic hydroxyl groups is 1. The fraction of sp³-hybridized carbons (Fsp3) is 0.0455. The number of hydrogen-bond donors (Lipinski definition) is 1. The van der Waals surface area contributed by atoms with Crippen molar-refractivity contribution in [3.63, 3.8) is 0 Å². The van der Waals surface area contributed by atoms with Gasteiger partial charge in [-0.3, -0.25) is 0 Å². The first-order chi connectivity index (χ1) is 12.8. The third kappa shape index (κ3) is 2.47. The molecule has 1 N–H and O–H groups in total. The Balaban J connectivity index is 1.80. The fourth-order valence-electron chi connectivity index (χ4n) is 3.33. The second-order valence-electron chi connectivity index (χ2n) is 6.19. The van der Waals surface area contributed by atoms with Gasteiger partial charge in [-0.15, -0.1) is 11.3 Å². The van der Waals surface area contributed by atoms with Crippen LogP contribution in [0.5, 0.6) is 11.5 Å². The number of benzene rings is 2. The van der Waals surface area contributed by atoms with E-state index in [9.17, 15) is 5.11 Å². The van der Waals surface area contributed by atoms with Gasteiger partial charge in [-0.2, -0.15) is 0 Å². The third-order valence-corrected chi connectivity index (χ3v) is 5.48. The molecule has 26 heavy (non-hydrogen) atoms. The Morgan fingerprint density at radius 2 is 1.77 bits per heavy atom. The van der Waals surface area contributed by atoms with E-state index in [-0.39, 0.29) is 5.75 Å². The third-order valence-electron chi connectivity index (χ3n) is 4.59.